The summed E-state index contributed by atoms with van der Waals surface area (Å²) in [5.41, 5.74) is 1.83. The van der Waals surface area contributed by atoms with E-state index in [1.807, 2.05) is 13.8 Å². The van der Waals surface area contributed by atoms with E-state index in [-0.39, 0.29) is 59.0 Å². The summed E-state index contributed by atoms with van der Waals surface area (Å²) in [4.78, 5) is 74.2. The van der Waals surface area contributed by atoms with E-state index in [1.54, 1.807) is 45.6 Å². The number of ether oxygens (including phenoxy) is 1. The van der Waals surface area contributed by atoms with Gasteiger partial charge < -0.3 is 50.0 Å². The van der Waals surface area contributed by atoms with Crippen molar-refractivity contribution in [3.8, 4) is 0 Å². The number of halogens is 4. The van der Waals surface area contributed by atoms with Crippen LogP contribution >= 0.6 is 0 Å². The van der Waals surface area contributed by atoms with Gasteiger partial charge in [-0.15, -0.1) is 0 Å². The molecule has 0 spiro atoms. The Morgan fingerprint density at radius 2 is 1.10 bits per heavy atom. The van der Waals surface area contributed by atoms with Crippen LogP contribution in [0.4, 0.5) is 38.5 Å². The summed E-state index contributed by atoms with van der Waals surface area (Å²) in [6.45, 7) is 8.94. The number of anilines is 2. The SMILES string of the molecule is COC(=O)N[C@H](C(=O)N1CCC[C@H]1c1nc2cc([C@H]3CC[C@@H](c4cc5nc([C@@H]6CCCN6C(=O)[C@@H](NC(=O)O)C(C)C)[nH]c5cc4F)N3c3cc(F)c(N4CCCCC4)c(F)c3)c(F)cc2[nH]1)C(C)C. The van der Waals surface area contributed by atoms with Gasteiger partial charge in [-0.2, -0.15) is 0 Å². The van der Waals surface area contributed by atoms with Gasteiger partial charge in [0.25, 0.3) is 0 Å². The zero-order chi connectivity index (χ0) is 49.7. The summed E-state index contributed by atoms with van der Waals surface area (Å²) in [6, 6.07) is 3.75. The van der Waals surface area contributed by atoms with Crippen LogP contribution in [0, 0.1) is 35.1 Å². The zero-order valence-corrected chi connectivity index (χ0v) is 40.0. The van der Waals surface area contributed by atoms with E-state index >= 15 is 17.6 Å². The topological polar surface area (TPSA) is 192 Å². The third kappa shape index (κ3) is 9.16. The first kappa shape index (κ1) is 48.4. The number of carbonyl (C=O) groups is 4. The fraction of sp³-hybridized carbons (Fsp3) is 0.520. The minimum absolute atomic E-state index is 0.0999. The second-order valence-corrected chi connectivity index (χ2v) is 19.8. The third-order valence-corrected chi connectivity index (χ3v) is 14.6. The number of nitrogens with one attached hydrogen (secondary N) is 4. The first-order valence-electron chi connectivity index (χ1n) is 24.4. The lowest BCUT2D eigenvalue weighted by Crippen LogP contribution is -2.51. The average Bonchev–Trinajstić information content (AvgIpc) is 4.18. The van der Waals surface area contributed by atoms with E-state index in [1.165, 1.54) is 31.4 Å². The van der Waals surface area contributed by atoms with Gasteiger partial charge in [-0.05, 0) is 106 Å². The number of carboxylic acid groups (broad SMARTS) is 1. The molecule has 5 aromatic rings. The molecule has 4 aliphatic rings. The summed E-state index contributed by atoms with van der Waals surface area (Å²) < 4.78 is 71.1. The molecule has 9 rings (SSSR count). The molecule has 70 heavy (non-hydrogen) atoms. The zero-order valence-electron chi connectivity index (χ0n) is 40.0. The van der Waals surface area contributed by atoms with E-state index in [9.17, 15) is 24.3 Å². The lowest BCUT2D eigenvalue weighted by Gasteiger charge is -2.35. The van der Waals surface area contributed by atoms with Gasteiger partial charge in [0.15, 0.2) is 11.6 Å². The van der Waals surface area contributed by atoms with E-state index in [0.717, 1.165) is 19.3 Å². The maximum atomic E-state index is 16.8. The number of aromatic nitrogens is 4. The smallest absolute Gasteiger partial charge is 0.407 e. The number of fused-ring (bicyclic) bond motifs is 2. The molecule has 16 nitrogen and oxygen atoms in total. The van der Waals surface area contributed by atoms with Gasteiger partial charge in [-0.1, -0.05) is 27.7 Å². The molecule has 4 fully saturated rings. The molecule has 4 aliphatic heterocycles. The van der Waals surface area contributed by atoms with Crippen molar-refractivity contribution in [3.05, 3.63) is 82.4 Å². The number of alkyl carbamates (subject to hydrolysis) is 1. The average molecular weight is 973 g/mol. The number of likely N-dealkylation sites (tertiary alicyclic amines) is 2. The standard InChI is InChI=1S/C50H60F4N10O6/c1-25(2)42(59-49(67)68)47(65)62-17-9-11-40(62)45-55-34-21-28(30(51)23-36(34)57-45)38-13-14-39(64(38)27-19-32(53)44(33(54)20-27)61-15-7-6-8-16-61)29-22-35-37(24-31(29)52)58-46(56-35)41-12-10-18-63(41)48(66)43(26(3)4)60-50(69)70-5/h19-26,38-43,59H,6-18H2,1-5H3,(H,55,57)(H,56,58)(H,60,69)(H,67,68)/t38-,39+,40-,41-,42-,43-/m0/s1. The number of hydrogen-bond acceptors (Lipinski definition) is 9. The van der Waals surface area contributed by atoms with Crippen molar-refractivity contribution in [3.63, 3.8) is 0 Å². The number of hydrogen-bond donors (Lipinski definition) is 5. The van der Waals surface area contributed by atoms with Crippen LogP contribution in [-0.4, -0.2) is 104 Å². The Morgan fingerprint density at radius 3 is 1.54 bits per heavy atom. The van der Waals surface area contributed by atoms with E-state index in [2.05, 4.69) is 20.6 Å². The number of piperidine rings is 1. The van der Waals surface area contributed by atoms with Crippen molar-refractivity contribution in [1.29, 1.82) is 0 Å². The van der Waals surface area contributed by atoms with Crippen LogP contribution in [0.15, 0.2) is 36.4 Å². The fourth-order valence-corrected chi connectivity index (χ4v) is 11.2. The molecule has 6 heterocycles. The molecule has 374 valence electrons. The molecular weight excluding hydrogens is 913 g/mol. The second kappa shape index (κ2) is 19.7. The number of aromatic amines is 2. The highest BCUT2D eigenvalue weighted by Gasteiger charge is 2.42. The first-order chi connectivity index (χ1) is 33.5. The Hall–Kier alpha value is -6.60. The molecule has 5 N–H and O–H groups in total. The van der Waals surface area contributed by atoms with Crippen molar-refractivity contribution in [2.24, 2.45) is 11.8 Å². The number of carbonyl (C=O) groups excluding carboxylic acids is 3. The van der Waals surface area contributed by atoms with Crippen molar-refractivity contribution in [2.75, 3.05) is 43.1 Å². The van der Waals surface area contributed by atoms with Gasteiger partial charge in [-0.25, -0.2) is 37.1 Å². The molecule has 2 aromatic heterocycles. The third-order valence-electron chi connectivity index (χ3n) is 14.6. The monoisotopic (exact) mass is 972 g/mol. The molecule has 0 saturated carbocycles. The molecule has 3 aromatic carbocycles. The van der Waals surface area contributed by atoms with E-state index in [0.29, 0.717) is 85.6 Å². The van der Waals surface area contributed by atoms with Crippen LogP contribution < -0.4 is 20.4 Å². The predicted molar refractivity (Wildman–Crippen MR) is 253 cm³/mol. The molecule has 0 aliphatic carbocycles. The normalized spacial score (nSPS) is 21.6. The molecule has 4 amide bonds. The van der Waals surface area contributed by atoms with Crippen molar-refractivity contribution < 1.29 is 46.6 Å². The van der Waals surface area contributed by atoms with E-state index in [4.69, 9.17) is 14.7 Å². The maximum absolute atomic E-state index is 16.8. The quantitative estimate of drug-likeness (QED) is 0.0754. The minimum atomic E-state index is -1.31. The number of methoxy groups -OCH3 is 1. The van der Waals surface area contributed by atoms with Crippen LogP contribution in [0.5, 0.6) is 0 Å². The molecule has 0 radical (unpaired) electrons. The molecule has 4 saturated heterocycles. The van der Waals surface area contributed by atoms with Crippen molar-refractivity contribution in [2.45, 2.75) is 122 Å². The molecule has 0 bridgehead atoms. The van der Waals surface area contributed by atoms with Crippen LogP contribution in [0.2, 0.25) is 0 Å². The Kier molecular flexibility index (Phi) is 13.6. The summed E-state index contributed by atoms with van der Waals surface area (Å²) >= 11 is 0. The van der Waals surface area contributed by atoms with Gasteiger partial charge in [-0.3, -0.25) is 9.59 Å². The second-order valence-electron chi connectivity index (χ2n) is 19.8. The lowest BCUT2D eigenvalue weighted by atomic mass is 10.0. The number of rotatable bonds is 12. The number of benzene rings is 3. The summed E-state index contributed by atoms with van der Waals surface area (Å²) in [7, 11) is 1.23. The van der Waals surface area contributed by atoms with Gasteiger partial charge in [0.2, 0.25) is 11.8 Å². The van der Waals surface area contributed by atoms with Crippen LogP contribution in [0.3, 0.4) is 0 Å². The summed E-state index contributed by atoms with van der Waals surface area (Å²) in [5, 5.41) is 14.4. The fourth-order valence-electron chi connectivity index (χ4n) is 11.2. The highest BCUT2D eigenvalue weighted by molar-refractivity contribution is 5.87. The Balaban J connectivity index is 1.07. The molecule has 6 atom stereocenters. The number of imidazole rings is 2. The van der Waals surface area contributed by atoms with Crippen LogP contribution in [0.1, 0.15) is 132 Å². The highest BCUT2D eigenvalue weighted by atomic mass is 19.1. The van der Waals surface area contributed by atoms with Gasteiger partial charge in [0, 0.05) is 43.0 Å². The highest BCUT2D eigenvalue weighted by Crippen LogP contribution is 2.50. The first-order valence-corrected chi connectivity index (χ1v) is 24.4. The predicted octanol–water partition coefficient (Wildman–Crippen LogP) is 9.07. The molecule has 20 heteroatoms. The largest absolute Gasteiger partial charge is 0.465 e. The van der Waals surface area contributed by atoms with Crippen LogP contribution in [-0.2, 0) is 14.3 Å². The number of amides is 4. The van der Waals surface area contributed by atoms with Gasteiger partial charge in [0.05, 0.1) is 53.3 Å². The molecular formula is C50H60F4N10O6. The van der Waals surface area contributed by atoms with Gasteiger partial charge >= 0.3 is 12.2 Å². The summed E-state index contributed by atoms with van der Waals surface area (Å²) in [5.74, 6) is -3.23. The van der Waals surface area contributed by atoms with Crippen LogP contribution in [0.25, 0.3) is 22.1 Å². The number of nitrogens with zero attached hydrogens (tertiary/aromatic N) is 6. The summed E-state index contributed by atoms with van der Waals surface area (Å²) in [6.07, 6.45) is 3.45. The van der Waals surface area contributed by atoms with Gasteiger partial charge in [0.1, 0.15) is 41.1 Å². The molecule has 0 unspecified atom stereocenters. The maximum Gasteiger partial charge on any atom is 0.407 e. The Bertz CT molecular complexity index is 2790. The van der Waals surface area contributed by atoms with Crippen molar-refractivity contribution in [1.82, 2.24) is 40.4 Å². The lowest BCUT2D eigenvalue weighted by molar-refractivity contribution is -0.136. The minimum Gasteiger partial charge on any atom is -0.465 e. The Morgan fingerprint density at radius 1 is 0.629 bits per heavy atom. The van der Waals surface area contributed by atoms with E-state index < -0.39 is 71.7 Å². The Labute approximate surface area is 402 Å². The number of H-pyrrole nitrogens is 2. The van der Waals surface area contributed by atoms with Crippen molar-refractivity contribution >= 4 is 57.4 Å².